The van der Waals surface area contributed by atoms with Crippen LogP contribution in [0.4, 0.5) is 22.0 Å². The number of aliphatic hydroxyl groups is 4. The average Bonchev–Trinajstić information content (AvgIpc) is 2.82. The van der Waals surface area contributed by atoms with E-state index in [1.54, 1.807) is 0 Å². The molecule has 3 aliphatic carbocycles. The number of nitrogens with two attached hydrogens (primary N) is 1. The molecule has 0 bridgehead atoms. The lowest BCUT2D eigenvalue weighted by molar-refractivity contribution is -0.392. The number of fused-ring (bicyclic) bond motifs is 3. The number of aliphatic hydroxyl groups excluding tert-OH is 3. The standard InChI is InChI=1S/C24H23F5N2O9/c1-31(2)15-14-17(34)11-8(6-40-24(28,29)23(25,26)27)7-4-3-5-9(32)10(7)16(33)12(11)19(36)22(14,39)20(37)13(18(15)35)21(30)38/h3-5,8,11,14-15,17,32,34-36,39H,6H2,1-2H3,(H2,30,38). The minimum absolute atomic E-state index is 0.338. The van der Waals surface area contributed by atoms with Gasteiger partial charge in [-0.3, -0.25) is 19.3 Å². The first-order valence-electron chi connectivity index (χ1n) is 11.5. The quantitative estimate of drug-likeness (QED) is 0.215. The molecule has 1 aromatic carbocycles. The number of halogens is 5. The van der Waals surface area contributed by atoms with E-state index in [0.29, 0.717) is 0 Å². The highest BCUT2D eigenvalue weighted by atomic mass is 19.4. The molecule has 1 amide bonds. The van der Waals surface area contributed by atoms with Gasteiger partial charge in [0.25, 0.3) is 5.91 Å². The van der Waals surface area contributed by atoms with E-state index in [9.17, 15) is 61.9 Å². The zero-order valence-corrected chi connectivity index (χ0v) is 20.6. The third kappa shape index (κ3) is 3.88. The first-order valence-corrected chi connectivity index (χ1v) is 11.5. The Bertz CT molecular complexity index is 1370. The molecular weight excluding hydrogens is 555 g/mol. The van der Waals surface area contributed by atoms with Crippen LogP contribution >= 0.6 is 0 Å². The molecule has 0 aliphatic heterocycles. The van der Waals surface area contributed by atoms with Crippen LogP contribution in [0.3, 0.4) is 0 Å². The number of likely N-dealkylation sites (N-methyl/N-ethyl adjacent to an activating group) is 1. The lowest BCUT2D eigenvalue weighted by atomic mass is 9.55. The van der Waals surface area contributed by atoms with Crippen LogP contribution in [0.2, 0.25) is 0 Å². The largest absolute Gasteiger partial charge is 0.510 e. The van der Waals surface area contributed by atoms with Gasteiger partial charge in [-0.2, -0.15) is 22.0 Å². The summed E-state index contributed by atoms with van der Waals surface area (Å²) in [4.78, 5) is 39.9. The van der Waals surface area contributed by atoms with Gasteiger partial charge in [-0.15, -0.1) is 0 Å². The van der Waals surface area contributed by atoms with E-state index in [4.69, 9.17) is 5.73 Å². The molecule has 0 radical (unpaired) electrons. The Morgan fingerprint density at radius 1 is 1.12 bits per heavy atom. The summed E-state index contributed by atoms with van der Waals surface area (Å²) >= 11 is 0. The summed E-state index contributed by atoms with van der Waals surface area (Å²) in [5, 5.41) is 55.5. The Morgan fingerprint density at radius 2 is 1.73 bits per heavy atom. The molecule has 0 spiro atoms. The monoisotopic (exact) mass is 578 g/mol. The van der Waals surface area contributed by atoms with Crippen molar-refractivity contribution in [2.75, 3.05) is 20.7 Å². The third-order valence-corrected chi connectivity index (χ3v) is 7.57. The number of benzene rings is 1. The summed E-state index contributed by atoms with van der Waals surface area (Å²) in [5.41, 5.74) is -1.27. The molecule has 4 rings (SSSR count). The molecule has 7 N–H and O–H groups in total. The van der Waals surface area contributed by atoms with Crippen molar-refractivity contribution in [2.45, 2.75) is 35.9 Å². The van der Waals surface area contributed by atoms with Gasteiger partial charge in [0.1, 0.15) is 22.8 Å². The van der Waals surface area contributed by atoms with Gasteiger partial charge in [0, 0.05) is 17.4 Å². The maximum atomic E-state index is 13.8. The van der Waals surface area contributed by atoms with Gasteiger partial charge >= 0.3 is 12.3 Å². The van der Waals surface area contributed by atoms with Crippen molar-refractivity contribution < 1.29 is 66.6 Å². The number of alkyl halides is 5. The Balaban J connectivity index is 2.01. The van der Waals surface area contributed by atoms with Crippen molar-refractivity contribution in [3.8, 4) is 5.75 Å². The number of primary amides is 1. The molecule has 6 atom stereocenters. The number of amides is 1. The number of Topliss-reactive ketones (excluding diaryl/α,β-unsaturated/α-hetero) is 2. The van der Waals surface area contributed by atoms with Crippen molar-refractivity contribution >= 4 is 17.5 Å². The summed E-state index contributed by atoms with van der Waals surface area (Å²) in [7, 11) is 2.53. The second-order valence-corrected chi connectivity index (χ2v) is 9.94. The highest BCUT2D eigenvalue weighted by Gasteiger charge is 2.68. The van der Waals surface area contributed by atoms with E-state index < -0.39 is 106 Å². The van der Waals surface area contributed by atoms with E-state index in [2.05, 4.69) is 4.74 Å². The number of rotatable bonds is 5. The number of hydrogen-bond donors (Lipinski definition) is 6. The number of nitrogens with zero attached hydrogens (tertiary/aromatic N) is 1. The highest BCUT2D eigenvalue weighted by Crippen LogP contribution is 2.56. The minimum atomic E-state index is -6.15. The number of phenols is 1. The van der Waals surface area contributed by atoms with Gasteiger partial charge in [0.05, 0.1) is 30.2 Å². The van der Waals surface area contributed by atoms with E-state index >= 15 is 0 Å². The normalized spacial score (nSPS) is 30.8. The first-order chi connectivity index (χ1) is 18.3. The SMILES string of the molecule is CN(C)C1C(O)=C(C(N)=O)C(=O)C2(O)C(O)=C3C(=O)c4c(O)cccc4C(COC(F)(F)C(F)(F)F)C3C(O)C12. The molecule has 0 aromatic heterocycles. The van der Waals surface area contributed by atoms with Crippen LogP contribution in [-0.4, -0.2) is 98.6 Å². The molecule has 0 saturated carbocycles. The van der Waals surface area contributed by atoms with E-state index in [1.807, 2.05) is 0 Å². The Morgan fingerprint density at radius 3 is 2.25 bits per heavy atom. The second kappa shape index (κ2) is 9.22. The predicted octanol–water partition coefficient (Wildman–Crippen LogP) is 0.804. The molecular formula is C24H23F5N2O9. The van der Waals surface area contributed by atoms with Crippen LogP contribution in [-0.2, 0) is 14.3 Å². The maximum absolute atomic E-state index is 13.8. The van der Waals surface area contributed by atoms with Gasteiger partial charge in [-0.1, -0.05) is 12.1 Å². The van der Waals surface area contributed by atoms with Gasteiger partial charge < -0.3 is 36.0 Å². The Kier molecular flexibility index (Phi) is 6.77. The number of carbonyl (C=O) groups excluding carboxylic acids is 3. The smallest absolute Gasteiger partial charge is 0.482 e. The van der Waals surface area contributed by atoms with Crippen LogP contribution in [0.1, 0.15) is 21.8 Å². The van der Waals surface area contributed by atoms with E-state index in [-0.39, 0.29) is 5.56 Å². The van der Waals surface area contributed by atoms with Gasteiger partial charge in [-0.05, 0) is 25.7 Å². The summed E-state index contributed by atoms with van der Waals surface area (Å²) in [6, 6.07) is 1.53. The van der Waals surface area contributed by atoms with Crippen LogP contribution in [0.15, 0.2) is 40.9 Å². The van der Waals surface area contributed by atoms with E-state index in [0.717, 1.165) is 23.1 Å². The number of hydrogen-bond acceptors (Lipinski definition) is 10. The van der Waals surface area contributed by atoms with Crippen molar-refractivity contribution in [3.63, 3.8) is 0 Å². The van der Waals surface area contributed by atoms with Crippen molar-refractivity contribution in [2.24, 2.45) is 17.6 Å². The summed E-state index contributed by atoms with van der Waals surface area (Å²) in [6.45, 7) is -1.53. The van der Waals surface area contributed by atoms with Gasteiger partial charge in [0.15, 0.2) is 11.4 Å². The molecule has 0 heterocycles. The number of ether oxygens (including phenoxy) is 1. The fraction of sp³-hybridized carbons (Fsp3) is 0.458. The number of ketones is 2. The Labute approximate surface area is 221 Å². The van der Waals surface area contributed by atoms with Crippen molar-refractivity contribution in [3.05, 3.63) is 52.0 Å². The number of phenolic OH excluding ortho intramolecular Hbond substituents is 1. The zero-order valence-electron chi connectivity index (χ0n) is 20.6. The van der Waals surface area contributed by atoms with Crippen LogP contribution in [0, 0.1) is 11.8 Å². The summed E-state index contributed by atoms with van der Waals surface area (Å²) in [5.74, 6) is -13.5. The molecule has 6 unspecified atom stereocenters. The lowest BCUT2D eigenvalue weighted by Crippen LogP contribution is -2.68. The minimum Gasteiger partial charge on any atom is -0.510 e. The molecule has 11 nitrogen and oxygen atoms in total. The van der Waals surface area contributed by atoms with Crippen LogP contribution < -0.4 is 5.73 Å². The van der Waals surface area contributed by atoms with Crippen molar-refractivity contribution in [1.82, 2.24) is 4.90 Å². The average molecular weight is 578 g/mol. The van der Waals surface area contributed by atoms with Crippen LogP contribution in [0.5, 0.6) is 5.75 Å². The molecule has 16 heteroatoms. The number of carbonyl (C=O) groups is 3. The topological polar surface area (TPSA) is 191 Å². The molecule has 1 aromatic rings. The van der Waals surface area contributed by atoms with E-state index in [1.165, 1.54) is 14.1 Å². The lowest BCUT2D eigenvalue weighted by Gasteiger charge is -2.53. The maximum Gasteiger partial charge on any atom is 0.482 e. The fourth-order valence-corrected chi connectivity index (χ4v) is 5.88. The zero-order chi connectivity index (χ0) is 30.3. The molecule has 218 valence electrons. The van der Waals surface area contributed by atoms with Crippen molar-refractivity contribution in [1.29, 1.82) is 0 Å². The van der Waals surface area contributed by atoms with Gasteiger partial charge in [0.2, 0.25) is 5.78 Å². The molecule has 0 fully saturated rings. The van der Waals surface area contributed by atoms with Crippen LogP contribution in [0.25, 0.3) is 0 Å². The summed E-state index contributed by atoms with van der Waals surface area (Å²) < 4.78 is 70.0. The fourth-order valence-electron chi connectivity index (χ4n) is 5.88. The predicted molar refractivity (Wildman–Crippen MR) is 121 cm³/mol. The molecule has 3 aliphatic rings. The first kappa shape index (κ1) is 29.4. The number of aromatic hydroxyl groups is 1. The molecule has 40 heavy (non-hydrogen) atoms. The molecule has 0 saturated heterocycles. The summed E-state index contributed by atoms with van der Waals surface area (Å²) in [6.07, 6.45) is -14.1. The highest BCUT2D eigenvalue weighted by molar-refractivity contribution is 6.25. The second-order valence-electron chi connectivity index (χ2n) is 9.94. The Hall–Kier alpha value is -3.60. The van der Waals surface area contributed by atoms with Gasteiger partial charge in [-0.25, -0.2) is 0 Å². The third-order valence-electron chi connectivity index (χ3n) is 7.57.